The van der Waals surface area contributed by atoms with E-state index in [1.54, 1.807) is 0 Å². The Morgan fingerprint density at radius 2 is 1.60 bits per heavy atom. The highest BCUT2D eigenvalue weighted by Crippen LogP contribution is 2.15. The molecule has 0 spiro atoms. The molecule has 0 heterocycles. The molecule has 1 rings (SSSR count). The first kappa shape index (κ1) is 12.3. The topological polar surface area (TPSA) is 12.0 Å². The third-order valence-corrected chi connectivity index (χ3v) is 3.05. The normalized spacial score (nSPS) is 13.1. The molecule has 0 saturated carbocycles. The third kappa shape index (κ3) is 3.67. The molecule has 1 heteroatoms. The Balaban J connectivity index is 2.60. The molecule has 1 atom stereocenters. The summed E-state index contributed by atoms with van der Waals surface area (Å²) >= 11 is 0. The Morgan fingerprint density at radius 3 is 2.07 bits per heavy atom. The monoisotopic (exact) mass is 205 g/mol. The average Bonchev–Trinajstić information content (AvgIpc) is 2.26. The summed E-state index contributed by atoms with van der Waals surface area (Å²) in [5.41, 5.74) is 2.71. The molecule has 0 aliphatic rings. The Morgan fingerprint density at radius 1 is 1.07 bits per heavy atom. The molecule has 0 amide bonds. The van der Waals surface area contributed by atoms with Gasteiger partial charge >= 0.3 is 0 Å². The van der Waals surface area contributed by atoms with Crippen LogP contribution in [-0.2, 0) is 0 Å². The molecule has 0 bridgehead atoms. The van der Waals surface area contributed by atoms with Crippen molar-refractivity contribution in [1.29, 1.82) is 0 Å². The maximum Gasteiger partial charge on any atom is 0.0294 e. The zero-order valence-electron chi connectivity index (χ0n) is 10.4. The fourth-order valence-corrected chi connectivity index (χ4v) is 1.83. The van der Waals surface area contributed by atoms with Crippen molar-refractivity contribution < 1.29 is 0 Å². The predicted molar refractivity (Wildman–Crippen MR) is 67.1 cm³/mol. The van der Waals surface area contributed by atoms with Crippen molar-refractivity contribution in [2.24, 2.45) is 0 Å². The molecule has 1 aromatic rings. The number of hydrogen-bond acceptors (Lipinski definition) is 1. The second-order valence-electron chi connectivity index (χ2n) is 4.31. The van der Waals surface area contributed by atoms with Gasteiger partial charge in [0, 0.05) is 12.1 Å². The van der Waals surface area contributed by atoms with E-state index < -0.39 is 0 Å². The largest absolute Gasteiger partial charge is 0.307 e. The van der Waals surface area contributed by atoms with E-state index >= 15 is 0 Å². The highest BCUT2D eigenvalue weighted by molar-refractivity contribution is 5.23. The van der Waals surface area contributed by atoms with Crippen LogP contribution < -0.4 is 5.32 Å². The Kier molecular flexibility index (Phi) is 4.83. The average molecular weight is 205 g/mol. The van der Waals surface area contributed by atoms with Gasteiger partial charge in [-0.05, 0) is 32.3 Å². The van der Waals surface area contributed by atoms with Crippen LogP contribution in [0, 0.1) is 6.92 Å². The molecule has 15 heavy (non-hydrogen) atoms. The van der Waals surface area contributed by atoms with Gasteiger partial charge in [0.25, 0.3) is 0 Å². The molecule has 1 aromatic carbocycles. The smallest absolute Gasteiger partial charge is 0.0294 e. The predicted octanol–water partition coefficient (Wildman–Crippen LogP) is 3.83. The van der Waals surface area contributed by atoms with Gasteiger partial charge in [-0.15, -0.1) is 0 Å². The number of nitrogens with one attached hydrogen (secondary N) is 1. The Hall–Kier alpha value is -0.820. The van der Waals surface area contributed by atoms with E-state index in [0.29, 0.717) is 12.1 Å². The molecular formula is C14H23N. The van der Waals surface area contributed by atoms with E-state index in [0.717, 1.165) is 0 Å². The zero-order valence-corrected chi connectivity index (χ0v) is 10.4. The van der Waals surface area contributed by atoms with Crippen molar-refractivity contribution >= 4 is 0 Å². The van der Waals surface area contributed by atoms with Gasteiger partial charge in [-0.25, -0.2) is 0 Å². The molecule has 0 aliphatic carbocycles. The molecule has 0 fully saturated rings. The molecule has 0 aromatic heterocycles. The lowest BCUT2D eigenvalue weighted by Gasteiger charge is -2.21. The van der Waals surface area contributed by atoms with Crippen LogP contribution in [0.3, 0.4) is 0 Å². The van der Waals surface area contributed by atoms with Gasteiger partial charge < -0.3 is 5.32 Å². The van der Waals surface area contributed by atoms with Gasteiger partial charge in [-0.1, -0.05) is 43.7 Å². The lowest BCUT2D eigenvalue weighted by Crippen LogP contribution is -2.30. The van der Waals surface area contributed by atoms with Crippen LogP contribution in [0.15, 0.2) is 24.3 Å². The highest BCUT2D eigenvalue weighted by Gasteiger charge is 2.09. The fourth-order valence-electron chi connectivity index (χ4n) is 1.83. The van der Waals surface area contributed by atoms with Gasteiger partial charge in [0.15, 0.2) is 0 Å². The van der Waals surface area contributed by atoms with Crippen LogP contribution in [0.5, 0.6) is 0 Å². The minimum atomic E-state index is 0.454. The molecule has 0 radical (unpaired) electrons. The van der Waals surface area contributed by atoms with E-state index in [1.165, 1.54) is 24.0 Å². The second kappa shape index (κ2) is 5.92. The number of hydrogen-bond donors (Lipinski definition) is 1. The zero-order chi connectivity index (χ0) is 11.3. The van der Waals surface area contributed by atoms with E-state index in [2.05, 4.69) is 57.3 Å². The number of rotatable bonds is 5. The van der Waals surface area contributed by atoms with Gasteiger partial charge in [0.2, 0.25) is 0 Å². The standard InChI is InChI=1S/C14H23N/c1-5-14(6-2)15-12(4)13-9-7-11(3)8-10-13/h7-10,12,14-15H,5-6H2,1-4H3/t12-/m0/s1. The van der Waals surface area contributed by atoms with Crippen LogP contribution in [0.2, 0.25) is 0 Å². The molecule has 0 saturated heterocycles. The van der Waals surface area contributed by atoms with Crippen molar-refractivity contribution in [3.63, 3.8) is 0 Å². The summed E-state index contributed by atoms with van der Waals surface area (Å²) < 4.78 is 0. The highest BCUT2D eigenvalue weighted by atomic mass is 14.9. The summed E-state index contributed by atoms with van der Waals surface area (Å²) in [6.45, 7) is 8.85. The Bertz CT molecular complexity index is 272. The fraction of sp³-hybridized carbons (Fsp3) is 0.571. The SMILES string of the molecule is CCC(CC)N[C@@H](C)c1ccc(C)cc1. The van der Waals surface area contributed by atoms with Gasteiger partial charge in [-0.2, -0.15) is 0 Å². The van der Waals surface area contributed by atoms with Crippen LogP contribution in [0.1, 0.15) is 50.8 Å². The van der Waals surface area contributed by atoms with Crippen LogP contribution >= 0.6 is 0 Å². The van der Waals surface area contributed by atoms with E-state index in [1.807, 2.05) is 0 Å². The van der Waals surface area contributed by atoms with Gasteiger partial charge in [0.05, 0.1) is 0 Å². The summed E-state index contributed by atoms with van der Waals surface area (Å²) in [6, 6.07) is 9.89. The quantitative estimate of drug-likeness (QED) is 0.770. The summed E-state index contributed by atoms with van der Waals surface area (Å²) in [5, 5.41) is 3.65. The van der Waals surface area contributed by atoms with Crippen molar-refractivity contribution in [1.82, 2.24) is 5.32 Å². The number of aryl methyl sites for hydroxylation is 1. The van der Waals surface area contributed by atoms with E-state index in [-0.39, 0.29) is 0 Å². The van der Waals surface area contributed by atoms with Crippen molar-refractivity contribution in [2.75, 3.05) is 0 Å². The summed E-state index contributed by atoms with van der Waals surface area (Å²) in [6.07, 6.45) is 2.40. The maximum absolute atomic E-state index is 3.65. The van der Waals surface area contributed by atoms with Crippen LogP contribution in [-0.4, -0.2) is 6.04 Å². The second-order valence-corrected chi connectivity index (χ2v) is 4.31. The van der Waals surface area contributed by atoms with Crippen molar-refractivity contribution in [2.45, 2.75) is 52.6 Å². The van der Waals surface area contributed by atoms with E-state index in [9.17, 15) is 0 Å². The van der Waals surface area contributed by atoms with Gasteiger partial charge in [-0.3, -0.25) is 0 Å². The van der Waals surface area contributed by atoms with Crippen molar-refractivity contribution in [3.05, 3.63) is 35.4 Å². The van der Waals surface area contributed by atoms with Crippen LogP contribution in [0.4, 0.5) is 0 Å². The maximum atomic E-state index is 3.65. The number of benzene rings is 1. The molecule has 1 nitrogen and oxygen atoms in total. The van der Waals surface area contributed by atoms with Crippen molar-refractivity contribution in [3.8, 4) is 0 Å². The molecule has 0 unspecified atom stereocenters. The minimum absolute atomic E-state index is 0.454. The first-order valence-electron chi connectivity index (χ1n) is 6.00. The summed E-state index contributed by atoms with van der Waals surface area (Å²) in [7, 11) is 0. The van der Waals surface area contributed by atoms with Gasteiger partial charge in [0.1, 0.15) is 0 Å². The first-order valence-corrected chi connectivity index (χ1v) is 6.00. The Labute approximate surface area is 93.9 Å². The third-order valence-electron chi connectivity index (χ3n) is 3.05. The molecule has 1 N–H and O–H groups in total. The van der Waals surface area contributed by atoms with Crippen LogP contribution in [0.25, 0.3) is 0 Å². The first-order chi connectivity index (χ1) is 7.17. The molecule has 0 aliphatic heterocycles. The lowest BCUT2D eigenvalue weighted by molar-refractivity contribution is 0.432. The lowest BCUT2D eigenvalue weighted by atomic mass is 10.0. The molecule has 84 valence electrons. The minimum Gasteiger partial charge on any atom is -0.307 e. The summed E-state index contributed by atoms with van der Waals surface area (Å²) in [5.74, 6) is 0. The van der Waals surface area contributed by atoms with E-state index in [4.69, 9.17) is 0 Å². The summed E-state index contributed by atoms with van der Waals surface area (Å²) in [4.78, 5) is 0. The molecular weight excluding hydrogens is 182 g/mol.